The van der Waals surface area contributed by atoms with E-state index >= 15 is 0 Å². The topological polar surface area (TPSA) is 21.3 Å². The molecule has 0 unspecified atom stereocenters. The zero-order valence-corrected chi connectivity index (χ0v) is 10.2. The molecule has 1 aromatic carbocycles. The van der Waals surface area contributed by atoms with Gasteiger partial charge in [-0.25, -0.2) is 0 Å². The molecule has 17 heavy (non-hydrogen) atoms. The van der Waals surface area contributed by atoms with Crippen molar-refractivity contribution in [1.82, 2.24) is 5.32 Å². The lowest BCUT2D eigenvalue weighted by Gasteiger charge is -2.12. The summed E-state index contributed by atoms with van der Waals surface area (Å²) in [6.07, 6.45) is -4.70. The van der Waals surface area contributed by atoms with E-state index in [1.807, 2.05) is 13.8 Å². The van der Waals surface area contributed by atoms with Gasteiger partial charge in [0.1, 0.15) is 5.75 Å². The first-order valence-electron chi connectivity index (χ1n) is 5.05. The van der Waals surface area contributed by atoms with Crippen LogP contribution in [0, 0.1) is 0 Å². The highest BCUT2D eigenvalue weighted by atomic mass is 35.5. The molecule has 0 aromatic heterocycles. The second-order valence-electron chi connectivity index (χ2n) is 3.88. The van der Waals surface area contributed by atoms with Gasteiger partial charge in [0.25, 0.3) is 0 Å². The Bertz CT molecular complexity index is 379. The Morgan fingerprint density at radius 2 is 1.94 bits per heavy atom. The van der Waals surface area contributed by atoms with Gasteiger partial charge < -0.3 is 10.1 Å². The van der Waals surface area contributed by atoms with Crippen molar-refractivity contribution in [2.75, 3.05) is 0 Å². The maximum Gasteiger partial charge on any atom is 0.573 e. The molecule has 0 spiro atoms. The van der Waals surface area contributed by atoms with Gasteiger partial charge in [0.15, 0.2) is 0 Å². The van der Waals surface area contributed by atoms with Gasteiger partial charge in [0.2, 0.25) is 0 Å². The molecule has 6 heteroatoms. The molecule has 96 valence electrons. The quantitative estimate of drug-likeness (QED) is 0.897. The summed E-state index contributed by atoms with van der Waals surface area (Å²) in [7, 11) is 0. The smallest absolute Gasteiger partial charge is 0.406 e. The van der Waals surface area contributed by atoms with Crippen LogP contribution in [0.25, 0.3) is 0 Å². The molecule has 1 N–H and O–H groups in total. The molecule has 2 nitrogen and oxygen atoms in total. The molecule has 0 aliphatic carbocycles. The van der Waals surface area contributed by atoms with Crippen LogP contribution in [0.1, 0.15) is 19.4 Å². The summed E-state index contributed by atoms with van der Waals surface area (Å²) in [6.45, 7) is 4.32. The Balaban J connectivity index is 2.79. The maximum atomic E-state index is 12.0. The normalized spacial score (nSPS) is 11.9. The predicted molar refractivity (Wildman–Crippen MR) is 60.1 cm³/mol. The van der Waals surface area contributed by atoms with Gasteiger partial charge >= 0.3 is 6.36 Å². The molecule has 0 bridgehead atoms. The number of halogens is 4. The van der Waals surface area contributed by atoms with Gasteiger partial charge in [-0.3, -0.25) is 0 Å². The third kappa shape index (κ3) is 5.79. The molecule has 0 saturated carbocycles. The minimum absolute atomic E-state index is 0.215. The lowest BCUT2D eigenvalue weighted by Crippen LogP contribution is -2.22. The number of ether oxygens (including phenoxy) is 1. The largest absolute Gasteiger partial charge is 0.573 e. The maximum absolute atomic E-state index is 12.0. The SMILES string of the molecule is CC(C)NCc1cc(Cl)cc(OC(F)(F)F)c1. The van der Waals surface area contributed by atoms with Crippen LogP contribution in [0.3, 0.4) is 0 Å². The first-order chi connectivity index (χ1) is 7.76. The zero-order valence-electron chi connectivity index (χ0n) is 9.44. The number of nitrogens with one attached hydrogen (secondary N) is 1. The molecular weight excluding hydrogens is 255 g/mol. The Morgan fingerprint density at radius 3 is 2.47 bits per heavy atom. The van der Waals surface area contributed by atoms with Crippen molar-refractivity contribution < 1.29 is 17.9 Å². The van der Waals surface area contributed by atoms with E-state index in [0.717, 1.165) is 6.07 Å². The van der Waals surface area contributed by atoms with Crippen molar-refractivity contribution >= 4 is 11.6 Å². The number of benzene rings is 1. The van der Waals surface area contributed by atoms with E-state index in [2.05, 4.69) is 10.1 Å². The van der Waals surface area contributed by atoms with Crippen molar-refractivity contribution in [2.24, 2.45) is 0 Å². The third-order valence-corrected chi connectivity index (χ3v) is 2.10. The number of hydrogen-bond acceptors (Lipinski definition) is 2. The molecular formula is C11H13ClF3NO. The summed E-state index contributed by atoms with van der Waals surface area (Å²) in [5.41, 5.74) is 0.644. The van der Waals surface area contributed by atoms with Gasteiger partial charge in [-0.05, 0) is 23.8 Å². The highest BCUT2D eigenvalue weighted by Gasteiger charge is 2.31. The molecule has 0 radical (unpaired) electrons. The summed E-state index contributed by atoms with van der Waals surface area (Å²) < 4.78 is 39.9. The fraction of sp³-hybridized carbons (Fsp3) is 0.455. The van der Waals surface area contributed by atoms with E-state index in [1.54, 1.807) is 6.07 Å². The molecule has 1 rings (SSSR count). The minimum Gasteiger partial charge on any atom is -0.406 e. The Kier molecular flexibility index (Phi) is 4.65. The molecule has 0 amide bonds. The van der Waals surface area contributed by atoms with Gasteiger partial charge in [0, 0.05) is 17.6 Å². The average molecular weight is 268 g/mol. The Morgan fingerprint density at radius 1 is 1.29 bits per heavy atom. The number of alkyl halides is 3. The summed E-state index contributed by atoms with van der Waals surface area (Å²) in [5, 5.41) is 3.30. The van der Waals surface area contributed by atoms with E-state index in [-0.39, 0.29) is 16.8 Å². The zero-order chi connectivity index (χ0) is 13.1. The monoisotopic (exact) mass is 267 g/mol. The third-order valence-electron chi connectivity index (χ3n) is 1.88. The number of hydrogen-bond donors (Lipinski definition) is 1. The van der Waals surface area contributed by atoms with Crippen molar-refractivity contribution in [3.05, 3.63) is 28.8 Å². The van der Waals surface area contributed by atoms with Crippen LogP contribution in [-0.4, -0.2) is 12.4 Å². The summed E-state index contributed by atoms with van der Waals surface area (Å²) in [4.78, 5) is 0. The standard InChI is InChI=1S/C11H13ClF3NO/c1-7(2)16-6-8-3-9(12)5-10(4-8)17-11(13,14)15/h3-5,7,16H,6H2,1-2H3. The van der Waals surface area contributed by atoms with Gasteiger partial charge in [-0.15, -0.1) is 13.2 Å². The van der Waals surface area contributed by atoms with Crippen molar-refractivity contribution in [2.45, 2.75) is 32.8 Å². The molecule has 0 saturated heterocycles. The van der Waals surface area contributed by atoms with Crippen LogP contribution in [0.15, 0.2) is 18.2 Å². The van der Waals surface area contributed by atoms with E-state index in [1.165, 1.54) is 6.07 Å². The highest BCUT2D eigenvalue weighted by molar-refractivity contribution is 6.30. The summed E-state index contributed by atoms with van der Waals surface area (Å²) in [5.74, 6) is -0.300. The lowest BCUT2D eigenvalue weighted by molar-refractivity contribution is -0.274. The van der Waals surface area contributed by atoms with E-state index < -0.39 is 6.36 Å². The van der Waals surface area contributed by atoms with Gasteiger partial charge in [0.05, 0.1) is 0 Å². The van der Waals surface area contributed by atoms with Crippen molar-refractivity contribution in [3.8, 4) is 5.75 Å². The highest BCUT2D eigenvalue weighted by Crippen LogP contribution is 2.26. The van der Waals surface area contributed by atoms with Crippen molar-refractivity contribution in [1.29, 1.82) is 0 Å². The summed E-state index contributed by atoms with van der Waals surface area (Å²) in [6, 6.07) is 4.28. The van der Waals surface area contributed by atoms with Crippen LogP contribution in [0.4, 0.5) is 13.2 Å². The van der Waals surface area contributed by atoms with Crippen LogP contribution < -0.4 is 10.1 Å². The van der Waals surface area contributed by atoms with Crippen LogP contribution in [0.5, 0.6) is 5.75 Å². The summed E-state index contributed by atoms with van der Waals surface area (Å²) >= 11 is 5.72. The fourth-order valence-corrected chi connectivity index (χ4v) is 1.49. The average Bonchev–Trinajstić information content (AvgIpc) is 2.10. The van der Waals surface area contributed by atoms with Crippen LogP contribution >= 0.6 is 11.6 Å². The fourth-order valence-electron chi connectivity index (χ4n) is 1.24. The second-order valence-corrected chi connectivity index (χ2v) is 4.32. The van der Waals surface area contributed by atoms with Gasteiger partial charge in [-0.2, -0.15) is 0 Å². The molecule has 0 fully saturated rings. The molecule has 1 aromatic rings. The second kappa shape index (κ2) is 5.60. The first-order valence-corrected chi connectivity index (χ1v) is 5.42. The van der Waals surface area contributed by atoms with E-state index in [0.29, 0.717) is 12.1 Å². The minimum atomic E-state index is -4.70. The predicted octanol–water partition coefficient (Wildman–Crippen LogP) is 3.74. The van der Waals surface area contributed by atoms with Crippen LogP contribution in [0.2, 0.25) is 5.02 Å². The number of rotatable bonds is 4. The lowest BCUT2D eigenvalue weighted by atomic mass is 10.2. The van der Waals surface area contributed by atoms with Crippen molar-refractivity contribution in [3.63, 3.8) is 0 Å². The van der Waals surface area contributed by atoms with E-state index in [9.17, 15) is 13.2 Å². The molecule has 0 atom stereocenters. The molecule has 0 heterocycles. The molecule has 0 aliphatic heterocycles. The Hall–Kier alpha value is -0.940. The Labute approximate surface area is 103 Å². The van der Waals surface area contributed by atoms with Crippen LogP contribution in [-0.2, 0) is 6.54 Å². The molecule has 0 aliphatic rings. The van der Waals surface area contributed by atoms with E-state index in [4.69, 9.17) is 11.6 Å². The van der Waals surface area contributed by atoms with Gasteiger partial charge in [-0.1, -0.05) is 25.4 Å². The first kappa shape index (κ1) is 14.1.